The summed E-state index contributed by atoms with van der Waals surface area (Å²) in [7, 11) is 0. The van der Waals surface area contributed by atoms with Crippen molar-refractivity contribution in [2.24, 2.45) is 0 Å². The second-order valence-electron chi connectivity index (χ2n) is 3.85. The molecule has 0 amide bonds. The summed E-state index contributed by atoms with van der Waals surface area (Å²) in [4.78, 5) is 0. The fourth-order valence-electron chi connectivity index (χ4n) is 1.57. The molecule has 0 saturated heterocycles. The van der Waals surface area contributed by atoms with Crippen LogP contribution in [0.5, 0.6) is 0 Å². The van der Waals surface area contributed by atoms with Gasteiger partial charge in [-0.3, -0.25) is 0 Å². The van der Waals surface area contributed by atoms with Crippen molar-refractivity contribution in [3.05, 3.63) is 29.8 Å². The van der Waals surface area contributed by atoms with Crippen LogP contribution in [0.1, 0.15) is 24.8 Å². The average Bonchev–Trinajstić information content (AvgIpc) is 2.11. The van der Waals surface area contributed by atoms with Crippen molar-refractivity contribution in [3.63, 3.8) is 0 Å². The molecule has 1 saturated carbocycles. The quantitative estimate of drug-likeness (QED) is 0.793. The summed E-state index contributed by atoms with van der Waals surface area (Å²) >= 11 is 0. The van der Waals surface area contributed by atoms with Crippen molar-refractivity contribution in [2.75, 3.05) is 5.32 Å². The van der Waals surface area contributed by atoms with Crippen molar-refractivity contribution < 1.29 is 13.2 Å². The van der Waals surface area contributed by atoms with Crippen molar-refractivity contribution >= 4 is 5.69 Å². The molecule has 82 valence electrons. The summed E-state index contributed by atoms with van der Waals surface area (Å²) < 4.78 is 37.1. The Balaban J connectivity index is 2.11. The molecule has 1 nitrogen and oxygen atoms in total. The maximum Gasteiger partial charge on any atom is 0.416 e. The van der Waals surface area contributed by atoms with Crippen LogP contribution in [0.3, 0.4) is 0 Å². The topological polar surface area (TPSA) is 12.0 Å². The third kappa shape index (κ3) is 2.43. The highest BCUT2D eigenvalue weighted by atomic mass is 19.4. The van der Waals surface area contributed by atoms with Crippen LogP contribution in [0.4, 0.5) is 18.9 Å². The lowest BCUT2D eigenvalue weighted by molar-refractivity contribution is -0.137. The summed E-state index contributed by atoms with van der Waals surface area (Å²) in [6, 6.07) is 5.72. The molecule has 0 aliphatic heterocycles. The summed E-state index contributed by atoms with van der Waals surface area (Å²) in [5.74, 6) is 0. The molecule has 1 fully saturated rings. The molecule has 15 heavy (non-hydrogen) atoms. The maximum absolute atomic E-state index is 12.4. The van der Waals surface area contributed by atoms with Gasteiger partial charge in [-0.2, -0.15) is 13.2 Å². The Morgan fingerprint density at radius 1 is 1.20 bits per heavy atom. The van der Waals surface area contributed by atoms with E-state index >= 15 is 0 Å². The van der Waals surface area contributed by atoms with Gasteiger partial charge in [0.15, 0.2) is 0 Å². The largest absolute Gasteiger partial charge is 0.416 e. The lowest BCUT2D eigenvalue weighted by atomic mass is 9.93. The summed E-state index contributed by atoms with van der Waals surface area (Å²) in [6.07, 6.45) is -0.986. The molecule has 0 spiro atoms. The van der Waals surface area contributed by atoms with Gasteiger partial charge in [-0.05, 0) is 37.5 Å². The van der Waals surface area contributed by atoms with E-state index in [1.54, 1.807) is 6.07 Å². The van der Waals surface area contributed by atoms with E-state index in [0.29, 0.717) is 11.7 Å². The Morgan fingerprint density at radius 2 is 1.93 bits per heavy atom. The molecule has 1 aromatic rings. The fraction of sp³-hybridized carbons (Fsp3) is 0.455. The molecular weight excluding hydrogens is 203 g/mol. The van der Waals surface area contributed by atoms with Crippen molar-refractivity contribution in [2.45, 2.75) is 31.5 Å². The highest BCUT2D eigenvalue weighted by Crippen LogP contribution is 2.31. The van der Waals surface area contributed by atoms with Crippen LogP contribution in [0.15, 0.2) is 24.3 Å². The van der Waals surface area contributed by atoms with Gasteiger partial charge in [0, 0.05) is 11.7 Å². The second-order valence-corrected chi connectivity index (χ2v) is 3.85. The Labute approximate surface area is 86.3 Å². The monoisotopic (exact) mass is 215 g/mol. The van der Waals surface area contributed by atoms with E-state index in [9.17, 15) is 13.2 Å². The molecular formula is C11H12F3N. The first kappa shape index (κ1) is 10.3. The predicted molar refractivity (Wildman–Crippen MR) is 52.7 cm³/mol. The van der Waals surface area contributed by atoms with Gasteiger partial charge in [0.25, 0.3) is 0 Å². The van der Waals surface area contributed by atoms with E-state index in [1.807, 2.05) is 0 Å². The molecule has 4 heteroatoms. The van der Waals surface area contributed by atoms with E-state index in [2.05, 4.69) is 5.32 Å². The zero-order valence-electron chi connectivity index (χ0n) is 8.14. The smallest absolute Gasteiger partial charge is 0.382 e. The maximum atomic E-state index is 12.4. The predicted octanol–water partition coefficient (Wildman–Crippen LogP) is 3.67. The Kier molecular flexibility index (Phi) is 2.59. The number of benzene rings is 1. The first-order valence-electron chi connectivity index (χ1n) is 4.99. The third-order valence-corrected chi connectivity index (χ3v) is 2.67. The van der Waals surface area contributed by atoms with Gasteiger partial charge in [-0.1, -0.05) is 6.07 Å². The van der Waals surface area contributed by atoms with E-state index in [0.717, 1.165) is 31.4 Å². The molecule has 0 radical (unpaired) electrons. The first-order chi connectivity index (χ1) is 7.05. The van der Waals surface area contributed by atoms with Crippen LogP contribution in [0.2, 0.25) is 0 Å². The Morgan fingerprint density at radius 3 is 2.47 bits per heavy atom. The number of hydrogen-bond acceptors (Lipinski definition) is 1. The van der Waals surface area contributed by atoms with E-state index < -0.39 is 11.7 Å². The Hall–Kier alpha value is -1.19. The summed E-state index contributed by atoms with van der Waals surface area (Å²) in [6.45, 7) is 0. The number of hydrogen-bond donors (Lipinski definition) is 1. The Bertz CT molecular complexity index is 342. The van der Waals surface area contributed by atoms with Crippen LogP contribution in [-0.2, 0) is 6.18 Å². The minimum Gasteiger partial charge on any atom is -0.382 e. The number of rotatable bonds is 2. The molecule has 0 heterocycles. The molecule has 1 N–H and O–H groups in total. The molecule has 1 aromatic carbocycles. The molecule has 1 aliphatic carbocycles. The van der Waals surface area contributed by atoms with Gasteiger partial charge in [0.05, 0.1) is 5.56 Å². The van der Waals surface area contributed by atoms with E-state index in [-0.39, 0.29) is 0 Å². The van der Waals surface area contributed by atoms with Gasteiger partial charge in [-0.25, -0.2) is 0 Å². The van der Waals surface area contributed by atoms with E-state index in [1.165, 1.54) is 6.07 Å². The van der Waals surface area contributed by atoms with Crippen LogP contribution < -0.4 is 5.32 Å². The zero-order valence-corrected chi connectivity index (χ0v) is 8.14. The second kappa shape index (κ2) is 3.76. The SMILES string of the molecule is FC(F)(F)c1cccc(NC2CCC2)c1. The number of nitrogens with one attached hydrogen (secondary N) is 1. The molecule has 0 bridgehead atoms. The van der Waals surface area contributed by atoms with Gasteiger partial charge < -0.3 is 5.32 Å². The minimum atomic E-state index is -4.25. The van der Waals surface area contributed by atoms with Crippen LogP contribution in [-0.4, -0.2) is 6.04 Å². The first-order valence-corrected chi connectivity index (χ1v) is 4.99. The molecule has 0 aromatic heterocycles. The summed E-state index contributed by atoms with van der Waals surface area (Å²) in [5, 5.41) is 3.09. The van der Waals surface area contributed by atoms with Crippen LogP contribution in [0, 0.1) is 0 Å². The van der Waals surface area contributed by atoms with Crippen LogP contribution >= 0.6 is 0 Å². The molecule has 0 atom stereocenters. The lowest BCUT2D eigenvalue weighted by Crippen LogP contribution is -2.27. The van der Waals surface area contributed by atoms with Crippen molar-refractivity contribution in [3.8, 4) is 0 Å². The average molecular weight is 215 g/mol. The highest BCUT2D eigenvalue weighted by Gasteiger charge is 2.30. The number of alkyl halides is 3. The number of halogens is 3. The lowest BCUT2D eigenvalue weighted by Gasteiger charge is -2.27. The standard InChI is InChI=1S/C11H12F3N/c12-11(13,14)8-3-1-6-10(7-8)15-9-4-2-5-9/h1,3,6-7,9,15H,2,4-5H2. The third-order valence-electron chi connectivity index (χ3n) is 2.67. The van der Waals surface area contributed by atoms with Crippen molar-refractivity contribution in [1.29, 1.82) is 0 Å². The fourth-order valence-corrected chi connectivity index (χ4v) is 1.57. The van der Waals surface area contributed by atoms with E-state index in [4.69, 9.17) is 0 Å². The van der Waals surface area contributed by atoms with Gasteiger partial charge in [-0.15, -0.1) is 0 Å². The molecule has 0 unspecified atom stereocenters. The number of anilines is 1. The van der Waals surface area contributed by atoms with Crippen LogP contribution in [0.25, 0.3) is 0 Å². The van der Waals surface area contributed by atoms with Gasteiger partial charge in [0.1, 0.15) is 0 Å². The summed E-state index contributed by atoms with van der Waals surface area (Å²) in [5.41, 5.74) is -0.0265. The van der Waals surface area contributed by atoms with Gasteiger partial charge >= 0.3 is 6.18 Å². The minimum absolute atomic E-state index is 0.355. The van der Waals surface area contributed by atoms with Gasteiger partial charge in [0.2, 0.25) is 0 Å². The van der Waals surface area contributed by atoms with Crippen molar-refractivity contribution in [1.82, 2.24) is 0 Å². The molecule has 1 aliphatic rings. The highest BCUT2D eigenvalue weighted by molar-refractivity contribution is 5.47. The normalized spacial score (nSPS) is 17.3. The zero-order chi connectivity index (χ0) is 10.9. The molecule has 2 rings (SSSR count).